The Balaban J connectivity index is 3.02. The third-order valence-corrected chi connectivity index (χ3v) is 2.82. The highest BCUT2D eigenvalue weighted by molar-refractivity contribution is 9.10. The van der Waals surface area contributed by atoms with E-state index in [0.29, 0.717) is 11.3 Å². The second kappa shape index (κ2) is 5.57. The molecule has 1 atom stereocenters. The average molecular weight is 279 g/mol. The largest absolute Gasteiger partial charge is 0.296 e. The molecule has 1 aromatic carbocycles. The first kappa shape index (κ1) is 12.6. The molecule has 0 N–H and O–H groups in total. The predicted octanol–water partition coefficient (Wildman–Crippen LogP) is 2.86. The Hall–Kier alpha value is -1.47. The Bertz CT molecular complexity index is 457. The van der Waals surface area contributed by atoms with E-state index in [4.69, 9.17) is 5.26 Å². The molecule has 0 aliphatic carbocycles. The Morgan fingerprint density at radius 2 is 2.00 bits per heavy atom. The predicted molar refractivity (Wildman–Crippen MR) is 66.6 cm³/mol. The number of hydrogen-bond donors (Lipinski definition) is 0. The van der Waals surface area contributed by atoms with Crippen LogP contribution in [0.4, 0.5) is 0 Å². The Morgan fingerprint density at radius 3 is 2.44 bits per heavy atom. The average Bonchev–Trinajstić information content (AvgIpc) is 2.30. The van der Waals surface area contributed by atoms with Gasteiger partial charge in [0.25, 0.3) is 0 Å². The van der Waals surface area contributed by atoms with Gasteiger partial charge in [0, 0.05) is 22.8 Å². The highest BCUT2D eigenvalue weighted by atomic mass is 79.9. The van der Waals surface area contributed by atoms with Crippen LogP contribution in [0.1, 0.15) is 17.3 Å². The van der Waals surface area contributed by atoms with Crippen LogP contribution in [-0.4, -0.2) is 18.5 Å². The molecule has 0 aliphatic rings. The van der Waals surface area contributed by atoms with Gasteiger partial charge >= 0.3 is 0 Å². The van der Waals surface area contributed by atoms with Crippen molar-refractivity contribution in [3.05, 3.63) is 34.3 Å². The number of Topliss-reactive ketones (excluding diaryl/α,β-unsaturated/α-hetero) is 1. The standard InChI is InChI=1S/C12H11BrN2O/c1-8(15-2)11(7-14)12(16)9-3-5-10(13)6-4-9/h3-6,11H,1-2H3. The molecule has 0 saturated carbocycles. The van der Waals surface area contributed by atoms with E-state index in [1.165, 1.54) is 0 Å². The lowest BCUT2D eigenvalue weighted by Crippen LogP contribution is -2.20. The molecule has 0 heterocycles. The normalized spacial score (nSPS) is 13.0. The van der Waals surface area contributed by atoms with Gasteiger partial charge in [-0.3, -0.25) is 9.79 Å². The van der Waals surface area contributed by atoms with Gasteiger partial charge in [-0.05, 0) is 19.1 Å². The van der Waals surface area contributed by atoms with Crippen LogP contribution in [0.2, 0.25) is 0 Å². The van der Waals surface area contributed by atoms with Crippen molar-refractivity contribution in [2.24, 2.45) is 10.9 Å². The molecule has 82 valence electrons. The zero-order valence-corrected chi connectivity index (χ0v) is 10.7. The summed E-state index contributed by atoms with van der Waals surface area (Å²) in [5, 5.41) is 8.95. The number of halogens is 1. The summed E-state index contributed by atoms with van der Waals surface area (Å²) >= 11 is 3.29. The quantitative estimate of drug-likeness (QED) is 0.631. The monoisotopic (exact) mass is 278 g/mol. The molecule has 1 aromatic rings. The van der Waals surface area contributed by atoms with Crippen LogP contribution in [0.5, 0.6) is 0 Å². The molecule has 16 heavy (non-hydrogen) atoms. The van der Waals surface area contributed by atoms with Gasteiger partial charge < -0.3 is 0 Å². The van der Waals surface area contributed by atoms with E-state index in [2.05, 4.69) is 20.9 Å². The highest BCUT2D eigenvalue weighted by Gasteiger charge is 2.21. The number of carbonyl (C=O) groups is 1. The first-order chi connectivity index (χ1) is 7.60. The molecule has 0 bridgehead atoms. The minimum absolute atomic E-state index is 0.210. The molecule has 0 amide bonds. The van der Waals surface area contributed by atoms with Crippen molar-refractivity contribution in [2.75, 3.05) is 7.05 Å². The number of ketones is 1. The lowest BCUT2D eigenvalue weighted by atomic mass is 9.95. The highest BCUT2D eigenvalue weighted by Crippen LogP contribution is 2.14. The Morgan fingerprint density at radius 1 is 1.44 bits per heavy atom. The maximum absolute atomic E-state index is 12.0. The topological polar surface area (TPSA) is 53.2 Å². The van der Waals surface area contributed by atoms with Crippen molar-refractivity contribution in [1.29, 1.82) is 5.26 Å². The van der Waals surface area contributed by atoms with Crippen LogP contribution in [0.15, 0.2) is 33.7 Å². The summed E-state index contributed by atoms with van der Waals surface area (Å²) in [6, 6.07) is 8.92. The van der Waals surface area contributed by atoms with Crippen molar-refractivity contribution in [1.82, 2.24) is 0 Å². The van der Waals surface area contributed by atoms with Crippen molar-refractivity contribution >= 4 is 27.4 Å². The smallest absolute Gasteiger partial charge is 0.185 e. The van der Waals surface area contributed by atoms with Crippen LogP contribution < -0.4 is 0 Å². The molecule has 0 aromatic heterocycles. The molecule has 0 aliphatic heterocycles. The van der Waals surface area contributed by atoms with Crippen LogP contribution in [0.25, 0.3) is 0 Å². The number of nitriles is 1. The van der Waals surface area contributed by atoms with Gasteiger partial charge in [-0.2, -0.15) is 5.26 Å². The van der Waals surface area contributed by atoms with E-state index in [0.717, 1.165) is 4.47 Å². The molecule has 1 rings (SSSR count). The fraction of sp³-hybridized carbons (Fsp3) is 0.250. The molecule has 0 spiro atoms. The van der Waals surface area contributed by atoms with Crippen LogP contribution >= 0.6 is 15.9 Å². The van der Waals surface area contributed by atoms with Crippen molar-refractivity contribution in [2.45, 2.75) is 6.92 Å². The summed E-state index contributed by atoms with van der Waals surface area (Å²) in [6.07, 6.45) is 0. The van der Waals surface area contributed by atoms with Gasteiger partial charge in [-0.25, -0.2) is 0 Å². The van der Waals surface area contributed by atoms with Crippen molar-refractivity contribution < 1.29 is 4.79 Å². The first-order valence-corrected chi connectivity index (χ1v) is 5.52. The van der Waals surface area contributed by atoms with Crippen LogP contribution in [-0.2, 0) is 0 Å². The molecule has 3 nitrogen and oxygen atoms in total. The zero-order valence-electron chi connectivity index (χ0n) is 9.07. The molecule has 0 fully saturated rings. The van der Waals surface area contributed by atoms with Crippen LogP contribution in [0.3, 0.4) is 0 Å². The number of nitrogens with zero attached hydrogens (tertiary/aromatic N) is 2. The molecule has 0 radical (unpaired) electrons. The summed E-state index contributed by atoms with van der Waals surface area (Å²) < 4.78 is 0.901. The third-order valence-electron chi connectivity index (χ3n) is 2.29. The summed E-state index contributed by atoms with van der Waals surface area (Å²) in [7, 11) is 1.58. The molecular formula is C12H11BrN2O. The molecule has 0 saturated heterocycles. The van der Waals surface area contributed by atoms with Gasteiger partial charge in [-0.15, -0.1) is 0 Å². The number of rotatable bonds is 3. The second-order valence-electron chi connectivity index (χ2n) is 3.30. The molecule has 4 heteroatoms. The summed E-state index contributed by atoms with van der Waals surface area (Å²) in [5.74, 6) is -0.996. The second-order valence-corrected chi connectivity index (χ2v) is 4.21. The maximum atomic E-state index is 12.0. The Labute approximate surface area is 103 Å². The van der Waals surface area contributed by atoms with Gasteiger partial charge in [0.1, 0.15) is 5.92 Å². The summed E-state index contributed by atoms with van der Waals surface area (Å²) in [6.45, 7) is 1.69. The first-order valence-electron chi connectivity index (χ1n) is 4.72. The fourth-order valence-electron chi connectivity index (χ4n) is 1.25. The van der Waals surface area contributed by atoms with Crippen molar-refractivity contribution in [3.63, 3.8) is 0 Å². The Kier molecular flexibility index (Phi) is 4.39. The van der Waals surface area contributed by atoms with Crippen molar-refractivity contribution in [3.8, 4) is 6.07 Å². The van der Waals surface area contributed by atoms with E-state index in [1.54, 1.807) is 38.2 Å². The van der Waals surface area contributed by atoms with E-state index >= 15 is 0 Å². The number of hydrogen-bond acceptors (Lipinski definition) is 3. The summed E-state index contributed by atoms with van der Waals surface area (Å²) in [4.78, 5) is 15.9. The van der Waals surface area contributed by atoms with Gasteiger partial charge in [0.2, 0.25) is 0 Å². The van der Waals surface area contributed by atoms with E-state index in [-0.39, 0.29) is 5.78 Å². The van der Waals surface area contributed by atoms with E-state index < -0.39 is 5.92 Å². The minimum atomic E-state index is -0.786. The zero-order chi connectivity index (χ0) is 12.1. The number of carbonyl (C=O) groups excluding carboxylic acids is 1. The SMILES string of the molecule is CN=C(C)C(C#N)C(=O)c1ccc(Br)cc1. The van der Waals surface area contributed by atoms with Crippen LogP contribution in [0, 0.1) is 17.2 Å². The lowest BCUT2D eigenvalue weighted by Gasteiger charge is -2.07. The number of aliphatic imine (C=N–C) groups is 1. The third kappa shape index (κ3) is 2.77. The lowest BCUT2D eigenvalue weighted by molar-refractivity contribution is 0.0975. The van der Waals surface area contributed by atoms with Gasteiger partial charge in [0.05, 0.1) is 6.07 Å². The molecule has 1 unspecified atom stereocenters. The fourth-order valence-corrected chi connectivity index (χ4v) is 1.52. The minimum Gasteiger partial charge on any atom is -0.296 e. The van der Waals surface area contributed by atoms with Gasteiger partial charge in [0.15, 0.2) is 5.78 Å². The van der Waals surface area contributed by atoms with E-state index in [1.807, 2.05) is 6.07 Å². The maximum Gasteiger partial charge on any atom is 0.185 e. The van der Waals surface area contributed by atoms with E-state index in [9.17, 15) is 4.79 Å². The number of benzene rings is 1. The van der Waals surface area contributed by atoms with Gasteiger partial charge in [-0.1, -0.05) is 28.1 Å². The molecular weight excluding hydrogens is 268 g/mol. The summed E-state index contributed by atoms with van der Waals surface area (Å²) in [5.41, 5.74) is 1.06.